The van der Waals surface area contributed by atoms with Crippen LogP contribution < -0.4 is 4.72 Å². The van der Waals surface area contributed by atoms with E-state index in [1.807, 2.05) is 4.72 Å². The fourth-order valence-electron chi connectivity index (χ4n) is 1.30. The minimum atomic E-state index is -4.11. The van der Waals surface area contributed by atoms with Crippen molar-refractivity contribution in [3.8, 4) is 0 Å². The van der Waals surface area contributed by atoms with Gasteiger partial charge in [0.2, 0.25) is 10.0 Å². The molecule has 0 fully saturated rings. The first kappa shape index (κ1) is 15.1. The quantitative estimate of drug-likeness (QED) is 0.605. The summed E-state index contributed by atoms with van der Waals surface area (Å²) in [5.74, 6) is -1.34. The monoisotopic (exact) mass is 288 g/mol. The fourth-order valence-corrected chi connectivity index (χ4v) is 2.52. The first-order chi connectivity index (χ1) is 8.65. The van der Waals surface area contributed by atoms with Gasteiger partial charge in [-0.3, -0.25) is 14.9 Å². The SMILES string of the molecule is Cc1ccc(S(=O)(=O)N[C@@H](C)C(=O)O)cc1[N+](=O)[O-]. The number of nitrogens with zero attached hydrogens (tertiary/aromatic N) is 1. The van der Waals surface area contributed by atoms with E-state index in [1.54, 1.807) is 0 Å². The summed E-state index contributed by atoms with van der Waals surface area (Å²) in [6.45, 7) is 2.63. The number of rotatable bonds is 5. The number of aryl methyl sites for hydroxylation is 1. The largest absolute Gasteiger partial charge is 0.480 e. The van der Waals surface area contributed by atoms with Gasteiger partial charge < -0.3 is 5.11 Å². The highest BCUT2D eigenvalue weighted by molar-refractivity contribution is 7.89. The molecule has 0 bridgehead atoms. The average molecular weight is 288 g/mol. The number of hydrogen-bond donors (Lipinski definition) is 2. The first-order valence-corrected chi connectivity index (χ1v) is 6.63. The van der Waals surface area contributed by atoms with Gasteiger partial charge in [0.25, 0.3) is 5.69 Å². The minimum absolute atomic E-state index is 0.315. The van der Waals surface area contributed by atoms with Gasteiger partial charge in [0.15, 0.2) is 0 Å². The fraction of sp³-hybridized carbons (Fsp3) is 0.300. The molecule has 8 nitrogen and oxygen atoms in total. The van der Waals surface area contributed by atoms with E-state index in [0.29, 0.717) is 5.56 Å². The van der Waals surface area contributed by atoms with E-state index in [1.165, 1.54) is 19.1 Å². The topological polar surface area (TPSA) is 127 Å². The number of nitro benzene ring substituents is 1. The highest BCUT2D eigenvalue weighted by atomic mass is 32.2. The second-order valence-electron chi connectivity index (χ2n) is 3.89. The van der Waals surface area contributed by atoms with Crippen molar-refractivity contribution in [2.45, 2.75) is 24.8 Å². The highest BCUT2D eigenvalue weighted by Gasteiger charge is 2.24. The van der Waals surface area contributed by atoms with E-state index >= 15 is 0 Å². The number of hydrogen-bond acceptors (Lipinski definition) is 5. The van der Waals surface area contributed by atoms with Crippen LogP contribution in [0.25, 0.3) is 0 Å². The van der Waals surface area contributed by atoms with E-state index in [-0.39, 0.29) is 10.6 Å². The van der Waals surface area contributed by atoms with Crippen LogP contribution in [0.2, 0.25) is 0 Å². The maximum Gasteiger partial charge on any atom is 0.321 e. The second-order valence-corrected chi connectivity index (χ2v) is 5.60. The number of carbonyl (C=O) groups is 1. The second kappa shape index (κ2) is 5.33. The van der Waals surface area contributed by atoms with Gasteiger partial charge in [0.05, 0.1) is 9.82 Å². The van der Waals surface area contributed by atoms with Gasteiger partial charge in [-0.05, 0) is 19.9 Å². The lowest BCUT2D eigenvalue weighted by atomic mass is 10.2. The number of aliphatic carboxylic acids is 1. The van der Waals surface area contributed by atoms with Crippen LogP contribution >= 0.6 is 0 Å². The summed E-state index contributed by atoms with van der Waals surface area (Å²) in [6.07, 6.45) is 0. The van der Waals surface area contributed by atoms with Gasteiger partial charge in [-0.25, -0.2) is 8.42 Å². The normalized spacial score (nSPS) is 12.9. The van der Waals surface area contributed by atoms with Crippen molar-refractivity contribution >= 4 is 21.7 Å². The molecule has 0 aliphatic rings. The molecular formula is C10H12N2O6S. The molecule has 0 aliphatic heterocycles. The number of nitro groups is 1. The molecule has 19 heavy (non-hydrogen) atoms. The Balaban J connectivity index is 3.19. The van der Waals surface area contributed by atoms with Crippen LogP contribution in [-0.4, -0.2) is 30.5 Å². The number of sulfonamides is 1. The minimum Gasteiger partial charge on any atom is -0.480 e. The predicted molar refractivity (Wildman–Crippen MR) is 65.3 cm³/mol. The molecule has 1 aromatic rings. The molecule has 104 valence electrons. The lowest BCUT2D eigenvalue weighted by Crippen LogP contribution is -2.38. The van der Waals surface area contributed by atoms with Crippen molar-refractivity contribution in [3.05, 3.63) is 33.9 Å². The van der Waals surface area contributed by atoms with Crippen LogP contribution in [0.1, 0.15) is 12.5 Å². The Bertz CT molecular complexity index is 625. The zero-order valence-corrected chi connectivity index (χ0v) is 11.0. The summed E-state index contributed by atoms with van der Waals surface area (Å²) in [5.41, 5.74) is -0.0268. The predicted octanol–water partition coefficient (Wildman–Crippen LogP) is 0.655. The maximum absolute atomic E-state index is 11.8. The Morgan fingerprint density at radius 2 is 2.05 bits per heavy atom. The third-order valence-electron chi connectivity index (χ3n) is 2.39. The lowest BCUT2D eigenvalue weighted by molar-refractivity contribution is -0.385. The van der Waals surface area contributed by atoms with E-state index in [9.17, 15) is 23.3 Å². The van der Waals surface area contributed by atoms with E-state index < -0.39 is 27.0 Å². The average Bonchev–Trinajstić information content (AvgIpc) is 2.27. The van der Waals surface area contributed by atoms with Crippen molar-refractivity contribution in [1.29, 1.82) is 0 Å². The zero-order valence-electron chi connectivity index (χ0n) is 10.2. The number of carboxylic acid groups (broad SMARTS) is 1. The highest BCUT2D eigenvalue weighted by Crippen LogP contribution is 2.22. The lowest BCUT2D eigenvalue weighted by Gasteiger charge is -2.10. The molecule has 0 saturated heterocycles. The molecule has 1 rings (SSSR count). The molecule has 1 atom stereocenters. The molecule has 0 heterocycles. The van der Waals surface area contributed by atoms with E-state index in [4.69, 9.17) is 5.11 Å². The van der Waals surface area contributed by atoms with E-state index in [2.05, 4.69) is 0 Å². The van der Waals surface area contributed by atoms with Crippen LogP contribution in [0.3, 0.4) is 0 Å². The number of benzene rings is 1. The van der Waals surface area contributed by atoms with Crippen LogP contribution in [-0.2, 0) is 14.8 Å². The Hall–Kier alpha value is -2.00. The van der Waals surface area contributed by atoms with Crippen LogP contribution in [0, 0.1) is 17.0 Å². The van der Waals surface area contributed by atoms with Crippen molar-refractivity contribution in [2.24, 2.45) is 0 Å². The molecule has 0 radical (unpaired) electrons. The molecule has 2 N–H and O–H groups in total. The Morgan fingerprint density at radius 3 is 2.53 bits per heavy atom. The third kappa shape index (κ3) is 3.48. The summed E-state index contributed by atoms with van der Waals surface area (Å²) < 4.78 is 25.6. The smallest absolute Gasteiger partial charge is 0.321 e. The molecule has 9 heteroatoms. The van der Waals surface area contributed by atoms with Gasteiger partial charge >= 0.3 is 5.97 Å². The van der Waals surface area contributed by atoms with Crippen molar-refractivity contribution in [2.75, 3.05) is 0 Å². The Labute approximate surface area is 109 Å². The zero-order chi connectivity index (χ0) is 14.8. The van der Waals surface area contributed by atoms with Crippen molar-refractivity contribution in [3.63, 3.8) is 0 Å². The van der Waals surface area contributed by atoms with Crippen molar-refractivity contribution in [1.82, 2.24) is 4.72 Å². The summed E-state index contributed by atoms with van der Waals surface area (Å²) >= 11 is 0. The Morgan fingerprint density at radius 1 is 1.47 bits per heavy atom. The summed E-state index contributed by atoms with van der Waals surface area (Å²) in [4.78, 5) is 20.3. The van der Waals surface area contributed by atoms with Crippen LogP contribution in [0.15, 0.2) is 23.1 Å². The van der Waals surface area contributed by atoms with Crippen LogP contribution in [0.5, 0.6) is 0 Å². The molecule has 0 aromatic heterocycles. The molecule has 0 amide bonds. The number of nitrogens with one attached hydrogen (secondary N) is 1. The Kier molecular flexibility index (Phi) is 4.22. The van der Waals surface area contributed by atoms with Gasteiger partial charge in [0, 0.05) is 11.6 Å². The summed E-state index contributed by atoms with van der Waals surface area (Å²) in [5, 5.41) is 19.4. The van der Waals surface area contributed by atoms with Gasteiger partial charge in [-0.1, -0.05) is 6.07 Å². The van der Waals surface area contributed by atoms with Gasteiger partial charge in [-0.2, -0.15) is 4.72 Å². The standard InChI is InChI=1S/C10H12N2O6S/c1-6-3-4-8(5-9(6)12(15)16)19(17,18)11-7(2)10(13)14/h3-5,7,11H,1-2H3,(H,13,14)/t7-/m0/s1. The molecule has 1 aromatic carbocycles. The van der Waals surface area contributed by atoms with Crippen LogP contribution in [0.4, 0.5) is 5.69 Å². The molecule has 0 spiro atoms. The van der Waals surface area contributed by atoms with Gasteiger partial charge in [-0.15, -0.1) is 0 Å². The third-order valence-corrected chi connectivity index (χ3v) is 3.93. The summed E-state index contributed by atoms with van der Waals surface area (Å²) in [6, 6.07) is 2.04. The number of carboxylic acids is 1. The molecule has 0 unspecified atom stereocenters. The van der Waals surface area contributed by atoms with Gasteiger partial charge in [0.1, 0.15) is 6.04 Å². The molecule has 0 saturated carbocycles. The summed E-state index contributed by atoms with van der Waals surface area (Å²) in [7, 11) is -4.11. The molecular weight excluding hydrogens is 276 g/mol. The first-order valence-electron chi connectivity index (χ1n) is 5.15. The maximum atomic E-state index is 11.8. The van der Waals surface area contributed by atoms with E-state index in [0.717, 1.165) is 13.0 Å². The molecule has 0 aliphatic carbocycles. The van der Waals surface area contributed by atoms with Crippen molar-refractivity contribution < 1.29 is 23.2 Å².